The number of hydrogen-bond acceptors (Lipinski definition) is 5. The maximum absolute atomic E-state index is 13.0. The van der Waals surface area contributed by atoms with Crippen LogP contribution in [0.25, 0.3) is 5.76 Å². The summed E-state index contributed by atoms with van der Waals surface area (Å²) in [6.45, 7) is 3.21. The number of rotatable bonds is 7. The van der Waals surface area contributed by atoms with Crippen molar-refractivity contribution in [2.24, 2.45) is 0 Å². The minimum absolute atomic E-state index is 0.124. The van der Waals surface area contributed by atoms with Gasteiger partial charge >= 0.3 is 0 Å². The zero-order chi connectivity index (χ0) is 21.8. The van der Waals surface area contributed by atoms with Crippen LogP contribution in [0.4, 0.5) is 0 Å². The molecule has 1 saturated heterocycles. The quantitative estimate of drug-likeness (QED) is 0.432. The van der Waals surface area contributed by atoms with Crippen LogP contribution in [0.5, 0.6) is 5.75 Å². The highest BCUT2D eigenvalue weighted by Gasteiger charge is 2.45. The van der Waals surface area contributed by atoms with Gasteiger partial charge < -0.3 is 19.6 Å². The first-order chi connectivity index (χ1) is 14.3. The molecule has 0 aliphatic carbocycles. The van der Waals surface area contributed by atoms with Gasteiger partial charge in [-0.05, 0) is 63.8 Å². The molecule has 158 valence electrons. The summed E-state index contributed by atoms with van der Waals surface area (Å²) in [7, 11) is 5.50. The van der Waals surface area contributed by atoms with Gasteiger partial charge in [0, 0.05) is 12.1 Å². The summed E-state index contributed by atoms with van der Waals surface area (Å²) in [6.07, 6.45) is 0.727. The minimum Gasteiger partial charge on any atom is -0.507 e. The molecule has 1 aliphatic rings. The Hall–Kier alpha value is -3.12. The van der Waals surface area contributed by atoms with Crippen molar-refractivity contribution >= 4 is 17.4 Å². The first kappa shape index (κ1) is 21.6. The van der Waals surface area contributed by atoms with Crippen molar-refractivity contribution in [3.63, 3.8) is 0 Å². The second-order valence-electron chi connectivity index (χ2n) is 7.79. The van der Waals surface area contributed by atoms with Crippen LogP contribution in [0, 0.1) is 6.92 Å². The van der Waals surface area contributed by atoms with Crippen molar-refractivity contribution < 1.29 is 19.4 Å². The smallest absolute Gasteiger partial charge is 0.295 e. The topological polar surface area (TPSA) is 70.1 Å². The molecule has 6 nitrogen and oxygen atoms in total. The normalized spacial score (nSPS) is 18.3. The minimum atomic E-state index is -0.654. The monoisotopic (exact) mass is 408 g/mol. The molecule has 30 heavy (non-hydrogen) atoms. The van der Waals surface area contributed by atoms with Gasteiger partial charge in [0.1, 0.15) is 11.5 Å². The SMILES string of the molecule is COc1ccc(C(O)=C2C(=O)C(=O)N(CCCN(C)C)[C@H]2c2ccc(C)cc2)cc1. The van der Waals surface area contributed by atoms with E-state index in [2.05, 4.69) is 0 Å². The molecule has 6 heteroatoms. The van der Waals surface area contributed by atoms with Gasteiger partial charge in [0.2, 0.25) is 0 Å². The molecule has 1 aliphatic heterocycles. The number of nitrogens with zero attached hydrogens (tertiary/aromatic N) is 2. The summed E-state index contributed by atoms with van der Waals surface area (Å²) in [5.74, 6) is -0.754. The molecule has 0 aromatic heterocycles. The number of carbonyl (C=O) groups excluding carboxylic acids is 2. The third-order valence-electron chi connectivity index (χ3n) is 5.30. The lowest BCUT2D eigenvalue weighted by Gasteiger charge is -2.26. The van der Waals surface area contributed by atoms with Crippen molar-refractivity contribution in [1.29, 1.82) is 0 Å². The van der Waals surface area contributed by atoms with Gasteiger partial charge in [0.15, 0.2) is 0 Å². The molecular formula is C24H28N2O4. The fourth-order valence-corrected chi connectivity index (χ4v) is 3.67. The Labute approximate surface area is 177 Å². The number of Topliss-reactive ketones (excluding diaryl/α,β-unsaturated/α-hetero) is 1. The van der Waals surface area contributed by atoms with E-state index in [0.29, 0.717) is 17.9 Å². The van der Waals surface area contributed by atoms with Gasteiger partial charge in [-0.1, -0.05) is 29.8 Å². The Bertz CT molecular complexity index is 946. The highest BCUT2D eigenvalue weighted by Crippen LogP contribution is 2.39. The number of ether oxygens (including phenoxy) is 1. The average molecular weight is 408 g/mol. The number of carbonyl (C=O) groups is 2. The predicted octanol–water partition coefficient (Wildman–Crippen LogP) is 3.38. The molecule has 1 atom stereocenters. The van der Waals surface area contributed by atoms with E-state index in [1.165, 1.54) is 0 Å². The highest BCUT2D eigenvalue weighted by molar-refractivity contribution is 6.46. The molecular weight excluding hydrogens is 380 g/mol. The predicted molar refractivity (Wildman–Crippen MR) is 116 cm³/mol. The van der Waals surface area contributed by atoms with Crippen molar-refractivity contribution in [1.82, 2.24) is 9.80 Å². The molecule has 2 aromatic rings. The lowest BCUT2D eigenvalue weighted by Crippen LogP contribution is -2.32. The van der Waals surface area contributed by atoms with Crippen LogP contribution in [0.15, 0.2) is 54.1 Å². The number of methoxy groups -OCH3 is 1. The van der Waals surface area contributed by atoms with Crippen LogP contribution in [0.2, 0.25) is 0 Å². The Morgan fingerprint density at radius 1 is 1.07 bits per heavy atom. The van der Waals surface area contributed by atoms with Gasteiger partial charge in [-0.15, -0.1) is 0 Å². The van der Waals surface area contributed by atoms with E-state index in [0.717, 1.165) is 24.1 Å². The number of likely N-dealkylation sites (tertiary alicyclic amines) is 1. The third-order valence-corrected chi connectivity index (χ3v) is 5.30. The summed E-state index contributed by atoms with van der Waals surface area (Å²) >= 11 is 0. The number of ketones is 1. The zero-order valence-corrected chi connectivity index (χ0v) is 17.9. The highest BCUT2D eigenvalue weighted by atomic mass is 16.5. The van der Waals surface area contributed by atoms with Gasteiger partial charge in [-0.3, -0.25) is 9.59 Å². The van der Waals surface area contributed by atoms with Gasteiger partial charge in [0.25, 0.3) is 11.7 Å². The van der Waals surface area contributed by atoms with Crippen LogP contribution in [0.3, 0.4) is 0 Å². The molecule has 0 saturated carbocycles. The molecule has 1 N–H and O–H groups in total. The first-order valence-corrected chi connectivity index (χ1v) is 9.97. The van der Waals surface area contributed by atoms with Gasteiger partial charge in [-0.25, -0.2) is 0 Å². The molecule has 1 amide bonds. The van der Waals surface area contributed by atoms with E-state index in [1.54, 1.807) is 36.3 Å². The number of aliphatic hydroxyl groups excluding tert-OH is 1. The zero-order valence-electron chi connectivity index (χ0n) is 17.9. The number of hydrogen-bond donors (Lipinski definition) is 1. The average Bonchev–Trinajstić information content (AvgIpc) is 2.98. The summed E-state index contributed by atoms with van der Waals surface area (Å²) in [5, 5.41) is 11.0. The molecule has 0 spiro atoms. The Morgan fingerprint density at radius 3 is 2.27 bits per heavy atom. The number of benzene rings is 2. The van der Waals surface area contributed by atoms with Crippen LogP contribution < -0.4 is 4.74 Å². The second kappa shape index (κ2) is 9.13. The number of aryl methyl sites for hydroxylation is 1. The number of aliphatic hydroxyl groups is 1. The lowest BCUT2D eigenvalue weighted by molar-refractivity contribution is -0.139. The van der Waals surface area contributed by atoms with E-state index in [1.807, 2.05) is 50.2 Å². The van der Waals surface area contributed by atoms with Crippen molar-refractivity contribution in [2.45, 2.75) is 19.4 Å². The van der Waals surface area contributed by atoms with E-state index in [9.17, 15) is 14.7 Å². The lowest BCUT2D eigenvalue weighted by atomic mass is 9.94. The fraction of sp³-hybridized carbons (Fsp3) is 0.333. The first-order valence-electron chi connectivity index (χ1n) is 9.97. The summed E-state index contributed by atoms with van der Waals surface area (Å²) < 4.78 is 5.16. The molecule has 0 unspecified atom stereocenters. The molecule has 0 bridgehead atoms. The fourth-order valence-electron chi connectivity index (χ4n) is 3.67. The van der Waals surface area contributed by atoms with Gasteiger partial charge in [0.05, 0.1) is 18.7 Å². The van der Waals surface area contributed by atoms with Crippen LogP contribution in [-0.4, -0.2) is 60.9 Å². The number of amides is 1. The Balaban J connectivity index is 2.06. The Kier molecular flexibility index (Phi) is 6.57. The maximum Gasteiger partial charge on any atom is 0.295 e. The van der Waals surface area contributed by atoms with Crippen LogP contribution >= 0.6 is 0 Å². The van der Waals surface area contributed by atoms with Crippen molar-refractivity contribution in [2.75, 3.05) is 34.3 Å². The molecule has 3 rings (SSSR count). The molecule has 1 heterocycles. The van der Waals surface area contributed by atoms with Crippen molar-refractivity contribution in [3.8, 4) is 5.75 Å². The van der Waals surface area contributed by atoms with E-state index in [4.69, 9.17) is 4.74 Å². The van der Waals surface area contributed by atoms with E-state index < -0.39 is 17.7 Å². The van der Waals surface area contributed by atoms with Crippen molar-refractivity contribution in [3.05, 3.63) is 70.8 Å². The molecule has 0 radical (unpaired) electrons. The molecule has 2 aromatic carbocycles. The Morgan fingerprint density at radius 2 is 1.70 bits per heavy atom. The summed E-state index contributed by atoms with van der Waals surface area (Å²) in [5.41, 5.74) is 2.48. The second-order valence-corrected chi connectivity index (χ2v) is 7.79. The van der Waals surface area contributed by atoms with Gasteiger partial charge in [-0.2, -0.15) is 0 Å². The third kappa shape index (κ3) is 4.39. The largest absolute Gasteiger partial charge is 0.507 e. The molecule has 1 fully saturated rings. The van der Waals surface area contributed by atoms with E-state index in [-0.39, 0.29) is 11.3 Å². The summed E-state index contributed by atoms with van der Waals surface area (Å²) in [6, 6.07) is 13.9. The standard InChI is InChI=1S/C24H28N2O4/c1-16-6-8-17(9-7-16)21-20(22(27)18-10-12-19(30-4)13-11-18)23(28)24(29)26(21)15-5-14-25(2)3/h6-13,21,27H,5,14-15H2,1-4H3/t21-/m0/s1. The van der Waals surface area contributed by atoms with Crippen LogP contribution in [0.1, 0.15) is 29.2 Å². The maximum atomic E-state index is 13.0. The van der Waals surface area contributed by atoms with E-state index >= 15 is 0 Å². The van der Waals surface area contributed by atoms with Crippen LogP contribution in [-0.2, 0) is 9.59 Å². The summed E-state index contributed by atoms with van der Waals surface area (Å²) in [4.78, 5) is 29.4.